The summed E-state index contributed by atoms with van der Waals surface area (Å²) in [6, 6.07) is 23.0. The molecule has 0 aliphatic rings. The van der Waals surface area contributed by atoms with Gasteiger partial charge in [0, 0.05) is 12.6 Å². The molecule has 0 saturated carbocycles. The summed E-state index contributed by atoms with van der Waals surface area (Å²) >= 11 is 3.43. The third-order valence-electron chi connectivity index (χ3n) is 4.06. The molecule has 3 rings (SSSR count). The molecule has 152 valence electrons. The van der Waals surface area contributed by atoms with Crippen molar-refractivity contribution < 1.29 is 19.5 Å². The fraction of sp³-hybridized carbons (Fsp3) is 0.0435. The molecule has 0 heterocycles. The lowest BCUT2D eigenvalue weighted by Crippen LogP contribution is -2.34. The number of carbonyl (C=O) groups is 2. The second-order valence-corrected chi connectivity index (χ2v) is 7.16. The van der Waals surface area contributed by atoms with Gasteiger partial charge in [0.25, 0.3) is 11.8 Å². The number of hydrogen-bond acceptors (Lipinski definition) is 4. The van der Waals surface area contributed by atoms with E-state index in [0.29, 0.717) is 27.7 Å². The molecule has 0 spiro atoms. The van der Waals surface area contributed by atoms with Crippen LogP contribution in [0.1, 0.15) is 15.9 Å². The second-order valence-electron chi connectivity index (χ2n) is 6.31. The minimum atomic E-state index is -0.743. The summed E-state index contributed by atoms with van der Waals surface area (Å²) in [7, 11) is 1.19. The molecular formula is C23H19BrN2O4. The number of halogens is 1. The van der Waals surface area contributed by atoms with E-state index in [9.17, 15) is 14.8 Å². The van der Waals surface area contributed by atoms with E-state index in [1.165, 1.54) is 13.1 Å². The molecule has 0 unspecified atom stereocenters. The van der Waals surface area contributed by atoms with Gasteiger partial charge in [-0.05, 0) is 64.0 Å². The van der Waals surface area contributed by atoms with Crippen molar-refractivity contribution in [3.05, 3.63) is 100 Å². The van der Waals surface area contributed by atoms with Crippen LogP contribution in [0.2, 0.25) is 0 Å². The van der Waals surface area contributed by atoms with Crippen molar-refractivity contribution in [1.82, 2.24) is 10.4 Å². The number of hydrogen-bond donors (Lipinski definition) is 2. The molecule has 0 atom stereocenters. The van der Waals surface area contributed by atoms with Crippen LogP contribution in [0, 0.1) is 0 Å². The molecule has 0 bridgehead atoms. The van der Waals surface area contributed by atoms with Gasteiger partial charge >= 0.3 is 0 Å². The summed E-state index contributed by atoms with van der Waals surface area (Å²) in [4.78, 5) is 24.8. The first-order chi connectivity index (χ1) is 14.4. The molecular weight excluding hydrogens is 448 g/mol. The fourth-order valence-corrected chi connectivity index (χ4v) is 2.93. The van der Waals surface area contributed by atoms with E-state index >= 15 is 0 Å². The van der Waals surface area contributed by atoms with Gasteiger partial charge in [0.2, 0.25) is 0 Å². The number of hydroxylamine groups is 2. The standard InChI is InChI=1S/C23H19BrN2O4/c1-26(29)23(28)20(25-22(27)17-7-3-2-4-8-17)15-16-11-13-18(14-12-16)30-21-10-6-5-9-19(21)24/h2-15,29H,1H3,(H,25,27)/b20-15-. The van der Waals surface area contributed by atoms with E-state index in [-0.39, 0.29) is 5.70 Å². The highest BCUT2D eigenvalue weighted by Crippen LogP contribution is 2.29. The lowest BCUT2D eigenvalue weighted by Gasteiger charge is -2.13. The lowest BCUT2D eigenvalue weighted by atomic mass is 10.1. The Morgan fingerprint density at radius 3 is 2.23 bits per heavy atom. The van der Waals surface area contributed by atoms with Crippen molar-refractivity contribution in [2.45, 2.75) is 0 Å². The molecule has 0 aliphatic carbocycles. The van der Waals surface area contributed by atoms with Gasteiger partial charge in [0.15, 0.2) is 0 Å². The van der Waals surface area contributed by atoms with Crippen molar-refractivity contribution in [3.8, 4) is 11.5 Å². The normalized spacial score (nSPS) is 11.0. The average Bonchev–Trinajstić information content (AvgIpc) is 2.76. The predicted molar refractivity (Wildman–Crippen MR) is 117 cm³/mol. The highest BCUT2D eigenvalue weighted by Gasteiger charge is 2.17. The lowest BCUT2D eigenvalue weighted by molar-refractivity contribution is -0.154. The number of amides is 2. The third-order valence-corrected chi connectivity index (χ3v) is 4.72. The Morgan fingerprint density at radius 1 is 0.967 bits per heavy atom. The maximum absolute atomic E-state index is 12.4. The molecule has 30 heavy (non-hydrogen) atoms. The third kappa shape index (κ3) is 5.56. The second kappa shape index (κ2) is 9.87. The Kier molecular flexibility index (Phi) is 7.00. The van der Waals surface area contributed by atoms with Crippen molar-refractivity contribution >= 4 is 33.8 Å². The van der Waals surface area contributed by atoms with Gasteiger partial charge in [-0.1, -0.05) is 42.5 Å². The van der Waals surface area contributed by atoms with Crippen molar-refractivity contribution in [3.63, 3.8) is 0 Å². The number of likely N-dealkylation sites (N-methyl/N-ethyl adjacent to an activating group) is 1. The van der Waals surface area contributed by atoms with E-state index in [2.05, 4.69) is 21.2 Å². The van der Waals surface area contributed by atoms with Crippen molar-refractivity contribution in [2.75, 3.05) is 7.05 Å². The molecule has 0 fully saturated rings. The number of rotatable bonds is 6. The summed E-state index contributed by atoms with van der Waals surface area (Å²) in [5, 5.41) is 12.5. The Labute approximate surface area is 182 Å². The highest BCUT2D eigenvalue weighted by molar-refractivity contribution is 9.10. The molecule has 3 aromatic rings. The summed E-state index contributed by atoms with van der Waals surface area (Å²) < 4.78 is 6.65. The molecule has 2 N–H and O–H groups in total. The molecule has 7 heteroatoms. The number of ether oxygens (including phenoxy) is 1. The first kappa shape index (κ1) is 21.3. The summed E-state index contributed by atoms with van der Waals surface area (Å²) in [5.41, 5.74) is 0.982. The molecule has 6 nitrogen and oxygen atoms in total. The first-order valence-corrected chi connectivity index (χ1v) is 9.81. The monoisotopic (exact) mass is 466 g/mol. The van der Waals surface area contributed by atoms with Crippen LogP contribution in [0.4, 0.5) is 0 Å². The van der Waals surface area contributed by atoms with E-state index in [0.717, 1.165) is 4.47 Å². The summed E-state index contributed by atoms with van der Waals surface area (Å²) in [6.07, 6.45) is 1.48. The topological polar surface area (TPSA) is 78.9 Å². The highest BCUT2D eigenvalue weighted by atomic mass is 79.9. The molecule has 2 amide bonds. The Hall–Kier alpha value is -3.42. The zero-order valence-electron chi connectivity index (χ0n) is 16.1. The van der Waals surface area contributed by atoms with Crippen LogP contribution in [-0.4, -0.2) is 29.1 Å². The van der Waals surface area contributed by atoms with Gasteiger partial charge in [0.05, 0.1) is 4.47 Å². The predicted octanol–water partition coefficient (Wildman–Crippen LogP) is 4.86. The SMILES string of the molecule is CN(O)C(=O)/C(=C/c1ccc(Oc2ccccc2Br)cc1)NC(=O)c1ccccc1. The number of para-hydroxylation sites is 1. The van der Waals surface area contributed by atoms with Gasteiger partial charge in [0.1, 0.15) is 17.2 Å². The number of nitrogens with zero attached hydrogens (tertiary/aromatic N) is 1. The maximum atomic E-state index is 12.4. The summed E-state index contributed by atoms with van der Waals surface area (Å²) in [6.45, 7) is 0. The van der Waals surface area contributed by atoms with E-state index in [4.69, 9.17) is 4.74 Å². The number of nitrogens with one attached hydrogen (secondary N) is 1. The molecule has 0 aliphatic heterocycles. The van der Waals surface area contributed by atoms with Gasteiger partial charge in [-0.2, -0.15) is 0 Å². The molecule has 0 radical (unpaired) electrons. The molecule has 0 aromatic heterocycles. The quantitative estimate of drug-likeness (QED) is 0.308. The van der Waals surface area contributed by atoms with E-state index in [1.54, 1.807) is 54.6 Å². The summed E-state index contributed by atoms with van der Waals surface area (Å²) in [5.74, 6) is 0.0898. The first-order valence-electron chi connectivity index (χ1n) is 9.01. The van der Waals surface area contributed by atoms with Crippen LogP contribution in [0.3, 0.4) is 0 Å². The minimum absolute atomic E-state index is 0.0617. The van der Waals surface area contributed by atoms with Crippen LogP contribution in [-0.2, 0) is 4.79 Å². The van der Waals surface area contributed by atoms with Crippen LogP contribution in [0.5, 0.6) is 11.5 Å². The zero-order chi connectivity index (χ0) is 21.5. The van der Waals surface area contributed by atoms with Gasteiger partial charge < -0.3 is 10.1 Å². The van der Waals surface area contributed by atoms with E-state index in [1.807, 2.05) is 24.3 Å². The van der Waals surface area contributed by atoms with Gasteiger partial charge in [-0.25, -0.2) is 5.06 Å². The van der Waals surface area contributed by atoms with Gasteiger partial charge in [-0.15, -0.1) is 0 Å². The van der Waals surface area contributed by atoms with Crippen LogP contribution in [0.15, 0.2) is 89.0 Å². The van der Waals surface area contributed by atoms with Crippen molar-refractivity contribution in [1.29, 1.82) is 0 Å². The average molecular weight is 467 g/mol. The van der Waals surface area contributed by atoms with Gasteiger partial charge in [-0.3, -0.25) is 14.8 Å². The zero-order valence-corrected chi connectivity index (χ0v) is 17.7. The minimum Gasteiger partial charge on any atom is -0.456 e. The Balaban J connectivity index is 1.81. The Bertz CT molecular complexity index is 1060. The van der Waals surface area contributed by atoms with Crippen LogP contribution < -0.4 is 10.1 Å². The largest absolute Gasteiger partial charge is 0.456 e. The smallest absolute Gasteiger partial charge is 0.293 e. The molecule has 0 saturated heterocycles. The number of carbonyl (C=O) groups excluding carboxylic acids is 2. The maximum Gasteiger partial charge on any atom is 0.293 e. The fourth-order valence-electron chi connectivity index (χ4n) is 2.56. The van der Waals surface area contributed by atoms with E-state index < -0.39 is 11.8 Å². The molecule has 3 aromatic carbocycles. The van der Waals surface area contributed by atoms with Crippen molar-refractivity contribution in [2.24, 2.45) is 0 Å². The Morgan fingerprint density at radius 2 is 1.60 bits per heavy atom. The van der Waals surface area contributed by atoms with Crippen LogP contribution in [0.25, 0.3) is 6.08 Å². The van der Waals surface area contributed by atoms with Crippen LogP contribution >= 0.6 is 15.9 Å². The number of benzene rings is 3.